The molecule has 0 saturated heterocycles. The molecule has 14 heavy (non-hydrogen) atoms. The molecule has 0 aliphatic rings. The van der Waals surface area contributed by atoms with Crippen molar-refractivity contribution in [3.05, 3.63) is 17.6 Å². The van der Waals surface area contributed by atoms with Crippen LogP contribution in [0.15, 0.2) is 6.33 Å². The fourth-order valence-corrected chi connectivity index (χ4v) is 1.80. The standard InChI is InChI=1S/C11H19N3/c1-4-6-8(3)10-9(5-2)11(12)14-7-13-10/h7-8H,4-6H2,1-3H3,(H2,12,13,14). The maximum absolute atomic E-state index is 5.81. The number of aromatic nitrogens is 2. The van der Waals surface area contributed by atoms with Crippen LogP contribution in [-0.2, 0) is 6.42 Å². The minimum absolute atomic E-state index is 0.486. The van der Waals surface area contributed by atoms with Crippen molar-refractivity contribution in [2.45, 2.75) is 46.0 Å². The second-order valence-electron chi connectivity index (χ2n) is 3.67. The van der Waals surface area contributed by atoms with Gasteiger partial charge >= 0.3 is 0 Å². The van der Waals surface area contributed by atoms with Gasteiger partial charge in [0, 0.05) is 5.56 Å². The molecule has 78 valence electrons. The maximum atomic E-state index is 5.81. The third-order valence-corrected chi connectivity index (χ3v) is 2.55. The van der Waals surface area contributed by atoms with Gasteiger partial charge in [-0.1, -0.05) is 27.2 Å². The molecule has 1 rings (SSSR count). The molecule has 0 aromatic carbocycles. The van der Waals surface area contributed by atoms with E-state index in [0.717, 1.165) is 24.1 Å². The lowest BCUT2D eigenvalue weighted by Gasteiger charge is -2.14. The first kappa shape index (κ1) is 11.0. The number of anilines is 1. The number of hydrogen-bond donors (Lipinski definition) is 1. The Morgan fingerprint density at radius 1 is 1.36 bits per heavy atom. The molecule has 0 saturated carbocycles. The van der Waals surface area contributed by atoms with Crippen LogP contribution in [-0.4, -0.2) is 9.97 Å². The van der Waals surface area contributed by atoms with Crippen LogP contribution in [0, 0.1) is 0 Å². The van der Waals surface area contributed by atoms with Gasteiger partial charge in [0.15, 0.2) is 0 Å². The molecule has 3 nitrogen and oxygen atoms in total. The van der Waals surface area contributed by atoms with Crippen LogP contribution < -0.4 is 5.73 Å². The predicted molar refractivity (Wildman–Crippen MR) is 59.1 cm³/mol. The van der Waals surface area contributed by atoms with E-state index >= 15 is 0 Å². The number of rotatable bonds is 4. The Balaban J connectivity index is 3.00. The van der Waals surface area contributed by atoms with E-state index in [2.05, 4.69) is 30.7 Å². The Bertz CT molecular complexity index is 297. The van der Waals surface area contributed by atoms with E-state index in [9.17, 15) is 0 Å². The largest absolute Gasteiger partial charge is 0.383 e. The predicted octanol–water partition coefficient (Wildman–Crippen LogP) is 2.52. The molecular weight excluding hydrogens is 174 g/mol. The lowest BCUT2D eigenvalue weighted by atomic mass is 9.97. The zero-order valence-electron chi connectivity index (χ0n) is 9.25. The van der Waals surface area contributed by atoms with E-state index in [1.165, 1.54) is 6.42 Å². The van der Waals surface area contributed by atoms with Crippen LogP contribution in [0.25, 0.3) is 0 Å². The number of hydrogen-bond acceptors (Lipinski definition) is 3. The molecule has 0 spiro atoms. The molecule has 2 N–H and O–H groups in total. The van der Waals surface area contributed by atoms with Crippen molar-refractivity contribution >= 4 is 5.82 Å². The summed E-state index contributed by atoms with van der Waals surface area (Å²) in [7, 11) is 0. The lowest BCUT2D eigenvalue weighted by Crippen LogP contribution is -2.07. The fourth-order valence-electron chi connectivity index (χ4n) is 1.80. The van der Waals surface area contributed by atoms with E-state index in [1.54, 1.807) is 6.33 Å². The highest BCUT2D eigenvalue weighted by atomic mass is 14.9. The van der Waals surface area contributed by atoms with Crippen molar-refractivity contribution in [1.82, 2.24) is 9.97 Å². The normalized spacial score (nSPS) is 12.8. The van der Waals surface area contributed by atoms with Crippen molar-refractivity contribution in [2.75, 3.05) is 5.73 Å². The average molecular weight is 193 g/mol. The van der Waals surface area contributed by atoms with Gasteiger partial charge in [0.1, 0.15) is 12.1 Å². The summed E-state index contributed by atoms with van der Waals surface area (Å²) in [4.78, 5) is 8.36. The second-order valence-corrected chi connectivity index (χ2v) is 3.67. The highest BCUT2D eigenvalue weighted by molar-refractivity contribution is 5.42. The molecule has 0 bridgehead atoms. The summed E-state index contributed by atoms with van der Waals surface area (Å²) in [6.45, 7) is 6.48. The van der Waals surface area contributed by atoms with Gasteiger partial charge in [0.25, 0.3) is 0 Å². The molecule has 0 radical (unpaired) electrons. The molecule has 0 aliphatic carbocycles. The van der Waals surface area contributed by atoms with Gasteiger partial charge in [-0.25, -0.2) is 9.97 Å². The van der Waals surface area contributed by atoms with Gasteiger partial charge < -0.3 is 5.73 Å². The zero-order chi connectivity index (χ0) is 10.6. The van der Waals surface area contributed by atoms with E-state index in [4.69, 9.17) is 5.73 Å². The van der Waals surface area contributed by atoms with Crippen molar-refractivity contribution < 1.29 is 0 Å². The molecule has 1 aromatic rings. The SMILES string of the molecule is CCCC(C)c1ncnc(N)c1CC. The van der Waals surface area contributed by atoms with Crippen LogP contribution in [0.3, 0.4) is 0 Å². The Kier molecular flexibility index (Phi) is 3.86. The van der Waals surface area contributed by atoms with Crippen LogP contribution in [0.5, 0.6) is 0 Å². The number of nitrogens with two attached hydrogens (primary N) is 1. The molecule has 1 atom stereocenters. The first-order valence-electron chi connectivity index (χ1n) is 5.29. The van der Waals surface area contributed by atoms with Crippen LogP contribution >= 0.6 is 0 Å². The molecule has 1 unspecified atom stereocenters. The third-order valence-electron chi connectivity index (χ3n) is 2.55. The van der Waals surface area contributed by atoms with Gasteiger partial charge in [-0.15, -0.1) is 0 Å². The van der Waals surface area contributed by atoms with E-state index in [-0.39, 0.29) is 0 Å². The smallest absolute Gasteiger partial charge is 0.130 e. The minimum atomic E-state index is 0.486. The van der Waals surface area contributed by atoms with Gasteiger partial charge in [-0.05, 0) is 18.8 Å². The number of nitrogen functional groups attached to an aromatic ring is 1. The number of nitrogens with zero attached hydrogens (tertiary/aromatic N) is 2. The summed E-state index contributed by atoms with van der Waals surface area (Å²) >= 11 is 0. The molecule has 0 aliphatic heterocycles. The van der Waals surface area contributed by atoms with Gasteiger partial charge in [0.2, 0.25) is 0 Å². The first-order valence-corrected chi connectivity index (χ1v) is 5.29. The summed E-state index contributed by atoms with van der Waals surface area (Å²) in [5.74, 6) is 1.13. The summed E-state index contributed by atoms with van der Waals surface area (Å²) in [6.07, 6.45) is 4.81. The van der Waals surface area contributed by atoms with Crippen molar-refractivity contribution in [3.63, 3.8) is 0 Å². The highest BCUT2D eigenvalue weighted by Gasteiger charge is 2.13. The monoisotopic (exact) mass is 193 g/mol. The van der Waals surface area contributed by atoms with E-state index in [0.29, 0.717) is 11.7 Å². The molecular formula is C11H19N3. The summed E-state index contributed by atoms with van der Waals surface area (Å²) in [5, 5.41) is 0. The summed E-state index contributed by atoms with van der Waals surface area (Å²) in [5.41, 5.74) is 8.06. The lowest BCUT2D eigenvalue weighted by molar-refractivity contribution is 0.638. The molecule has 0 fully saturated rings. The third kappa shape index (κ3) is 2.22. The highest BCUT2D eigenvalue weighted by Crippen LogP contribution is 2.24. The average Bonchev–Trinajstić information content (AvgIpc) is 2.17. The van der Waals surface area contributed by atoms with Crippen molar-refractivity contribution in [3.8, 4) is 0 Å². The zero-order valence-corrected chi connectivity index (χ0v) is 9.25. The molecule has 3 heteroatoms. The molecule has 1 aromatic heterocycles. The van der Waals surface area contributed by atoms with E-state index in [1.807, 2.05) is 0 Å². The quantitative estimate of drug-likeness (QED) is 0.799. The molecule has 0 amide bonds. The summed E-state index contributed by atoms with van der Waals surface area (Å²) < 4.78 is 0. The minimum Gasteiger partial charge on any atom is -0.383 e. The van der Waals surface area contributed by atoms with Gasteiger partial charge in [-0.2, -0.15) is 0 Å². The molecule has 1 heterocycles. The maximum Gasteiger partial charge on any atom is 0.130 e. The summed E-state index contributed by atoms with van der Waals surface area (Å²) in [6, 6.07) is 0. The Morgan fingerprint density at radius 2 is 2.07 bits per heavy atom. The van der Waals surface area contributed by atoms with E-state index < -0.39 is 0 Å². The first-order chi connectivity index (χ1) is 6.70. The van der Waals surface area contributed by atoms with Gasteiger partial charge in [0.05, 0.1) is 5.69 Å². The second kappa shape index (κ2) is 4.94. The fraction of sp³-hybridized carbons (Fsp3) is 0.636. The van der Waals surface area contributed by atoms with Gasteiger partial charge in [-0.3, -0.25) is 0 Å². The Hall–Kier alpha value is -1.12. The topological polar surface area (TPSA) is 51.8 Å². The van der Waals surface area contributed by atoms with Crippen molar-refractivity contribution in [1.29, 1.82) is 0 Å². The Morgan fingerprint density at radius 3 is 2.64 bits per heavy atom. The van der Waals surface area contributed by atoms with Crippen LogP contribution in [0.1, 0.15) is 50.8 Å². The van der Waals surface area contributed by atoms with Crippen LogP contribution in [0.2, 0.25) is 0 Å². The Labute approximate surface area is 85.8 Å². The van der Waals surface area contributed by atoms with Crippen molar-refractivity contribution in [2.24, 2.45) is 0 Å². The van der Waals surface area contributed by atoms with Crippen LogP contribution in [0.4, 0.5) is 5.82 Å².